The van der Waals surface area contributed by atoms with E-state index in [4.69, 9.17) is 0 Å². The highest BCUT2D eigenvalue weighted by atomic mass is 32.2. The second kappa shape index (κ2) is 8.82. The lowest BCUT2D eigenvalue weighted by Crippen LogP contribution is -2.42. The third-order valence-electron chi connectivity index (χ3n) is 5.64. The van der Waals surface area contributed by atoms with Crippen molar-refractivity contribution in [2.24, 2.45) is 10.9 Å². The summed E-state index contributed by atoms with van der Waals surface area (Å²) in [5.74, 6) is -0.696. The Morgan fingerprint density at radius 1 is 1.32 bits per heavy atom. The zero-order chi connectivity index (χ0) is 22.2. The number of hydrogen-bond acceptors (Lipinski definition) is 5. The van der Waals surface area contributed by atoms with E-state index >= 15 is 0 Å². The minimum Gasteiger partial charge on any atom is -0.312 e. The molecule has 9 heteroatoms. The number of carbonyl (C=O) groups excluding carboxylic acids is 1. The van der Waals surface area contributed by atoms with Gasteiger partial charge in [-0.15, -0.1) is 17.9 Å². The molecule has 0 N–H and O–H groups in total. The van der Waals surface area contributed by atoms with E-state index < -0.39 is 15.9 Å². The summed E-state index contributed by atoms with van der Waals surface area (Å²) in [5.41, 5.74) is 3.41. The lowest BCUT2D eigenvalue weighted by molar-refractivity contribution is -0.122. The van der Waals surface area contributed by atoms with E-state index in [9.17, 15) is 13.2 Å². The van der Waals surface area contributed by atoms with E-state index in [2.05, 4.69) is 37.6 Å². The zero-order valence-electron chi connectivity index (χ0n) is 17.6. The second-order valence-electron chi connectivity index (χ2n) is 7.77. The Kier molecular flexibility index (Phi) is 6.30. The number of hydrogen-bond donors (Lipinski definition) is 0. The number of nitrogens with zero attached hydrogens (tertiary/aromatic N) is 3. The third-order valence-corrected chi connectivity index (χ3v) is 9.92. The maximum Gasteiger partial charge on any atom is 0.252 e. The van der Waals surface area contributed by atoms with Gasteiger partial charge < -0.3 is 4.57 Å². The second-order valence-corrected chi connectivity index (χ2v) is 11.9. The molecule has 164 valence electrons. The van der Waals surface area contributed by atoms with Crippen LogP contribution in [0.25, 0.3) is 10.2 Å². The number of aromatic nitrogens is 1. The predicted octanol–water partition coefficient (Wildman–Crippen LogP) is 4.10. The maximum atomic E-state index is 13.1. The van der Waals surface area contributed by atoms with E-state index in [1.165, 1.54) is 38.1 Å². The van der Waals surface area contributed by atoms with Crippen LogP contribution < -0.4 is 4.80 Å². The van der Waals surface area contributed by atoms with Crippen LogP contribution in [0.1, 0.15) is 24.0 Å². The Hall–Kier alpha value is -2.07. The van der Waals surface area contributed by atoms with E-state index in [-0.39, 0.29) is 12.5 Å². The highest BCUT2D eigenvalue weighted by Crippen LogP contribution is 2.27. The first-order valence-corrected chi connectivity index (χ1v) is 13.3. The molecule has 31 heavy (non-hydrogen) atoms. The molecule has 1 saturated heterocycles. The van der Waals surface area contributed by atoms with Crippen LogP contribution in [0.15, 0.2) is 51.5 Å². The van der Waals surface area contributed by atoms with E-state index in [0.717, 1.165) is 10.2 Å². The molecule has 0 spiro atoms. The Labute approximate surface area is 190 Å². The number of rotatable bonds is 5. The van der Waals surface area contributed by atoms with Crippen LogP contribution in [0.2, 0.25) is 0 Å². The highest BCUT2D eigenvalue weighted by molar-refractivity contribution is 7.91. The minimum atomic E-state index is -3.56. The largest absolute Gasteiger partial charge is 0.312 e. The van der Waals surface area contributed by atoms with Crippen molar-refractivity contribution < 1.29 is 13.2 Å². The number of carbonyl (C=O) groups is 1. The molecule has 1 fully saturated rings. The molecule has 0 aliphatic carbocycles. The van der Waals surface area contributed by atoms with Crippen molar-refractivity contribution in [2.45, 2.75) is 37.4 Å². The molecule has 2 aromatic heterocycles. The first-order chi connectivity index (χ1) is 14.8. The van der Waals surface area contributed by atoms with Gasteiger partial charge in [0.1, 0.15) is 4.21 Å². The molecule has 3 heterocycles. The summed E-state index contributed by atoms with van der Waals surface area (Å²) >= 11 is 2.68. The van der Waals surface area contributed by atoms with Crippen LogP contribution in [-0.4, -0.2) is 36.3 Å². The Balaban J connectivity index is 1.66. The maximum absolute atomic E-state index is 13.1. The van der Waals surface area contributed by atoms with Gasteiger partial charge in [-0.05, 0) is 61.4 Å². The van der Waals surface area contributed by atoms with Crippen LogP contribution >= 0.6 is 22.7 Å². The summed E-state index contributed by atoms with van der Waals surface area (Å²) < 4.78 is 30.6. The van der Waals surface area contributed by atoms with Crippen LogP contribution in [0.3, 0.4) is 0 Å². The highest BCUT2D eigenvalue weighted by Gasteiger charge is 2.33. The molecule has 1 unspecified atom stereocenters. The van der Waals surface area contributed by atoms with Gasteiger partial charge in [0.15, 0.2) is 4.80 Å². The number of sulfonamides is 1. The summed E-state index contributed by atoms with van der Waals surface area (Å²) in [6.07, 6.45) is 3.08. The zero-order valence-corrected chi connectivity index (χ0v) is 20.0. The Morgan fingerprint density at radius 3 is 2.81 bits per heavy atom. The molecular weight excluding hydrogens is 450 g/mol. The van der Waals surface area contributed by atoms with Gasteiger partial charge in [0.05, 0.1) is 16.1 Å². The van der Waals surface area contributed by atoms with E-state index in [1.54, 1.807) is 23.6 Å². The number of amides is 1. The Morgan fingerprint density at radius 2 is 2.10 bits per heavy atom. The number of thiazole rings is 1. The van der Waals surface area contributed by atoms with Crippen LogP contribution in [0.5, 0.6) is 0 Å². The Bertz CT molecular complexity index is 1300. The normalized spacial score (nSPS) is 18.5. The standard InChI is InChI=1S/C22H25N3O3S3/c1-4-9-25-18-12-15(2)16(3)13-19(18)30-22(25)23-21(26)17-7-5-10-24(14-17)31(27,28)20-8-6-11-29-20/h4,6,8,11-13,17H,1,5,7,9-10,14H2,2-3H3. The third kappa shape index (κ3) is 4.32. The van der Waals surface area contributed by atoms with Gasteiger partial charge in [0.2, 0.25) is 0 Å². The lowest BCUT2D eigenvalue weighted by atomic mass is 9.99. The van der Waals surface area contributed by atoms with Crippen molar-refractivity contribution >= 4 is 48.8 Å². The van der Waals surface area contributed by atoms with Gasteiger partial charge in [0.25, 0.3) is 15.9 Å². The van der Waals surface area contributed by atoms with Gasteiger partial charge in [0, 0.05) is 19.6 Å². The van der Waals surface area contributed by atoms with Crippen LogP contribution in [-0.2, 0) is 21.4 Å². The molecular formula is C22H25N3O3S3. The molecule has 0 radical (unpaired) electrons. The molecule has 1 amide bonds. The summed E-state index contributed by atoms with van der Waals surface area (Å²) in [5, 5.41) is 1.75. The van der Waals surface area contributed by atoms with Gasteiger partial charge in [-0.1, -0.05) is 23.5 Å². The smallest absolute Gasteiger partial charge is 0.252 e. The van der Waals surface area contributed by atoms with Gasteiger partial charge in [-0.2, -0.15) is 9.30 Å². The van der Waals surface area contributed by atoms with Gasteiger partial charge in [-0.3, -0.25) is 4.79 Å². The molecule has 1 aliphatic rings. The first-order valence-electron chi connectivity index (χ1n) is 10.1. The van der Waals surface area contributed by atoms with Crippen molar-refractivity contribution in [3.05, 3.63) is 58.2 Å². The summed E-state index contributed by atoms with van der Waals surface area (Å²) in [4.78, 5) is 18.2. The van der Waals surface area contributed by atoms with Gasteiger partial charge in [-0.25, -0.2) is 8.42 Å². The monoisotopic (exact) mass is 475 g/mol. The number of benzene rings is 1. The lowest BCUT2D eigenvalue weighted by Gasteiger charge is -2.29. The van der Waals surface area contributed by atoms with Crippen molar-refractivity contribution in [1.82, 2.24) is 8.87 Å². The first kappa shape index (κ1) is 22.1. The topological polar surface area (TPSA) is 71.7 Å². The van der Waals surface area contributed by atoms with Gasteiger partial charge >= 0.3 is 0 Å². The molecule has 1 aliphatic heterocycles. The molecule has 0 bridgehead atoms. The molecule has 4 rings (SSSR count). The van der Waals surface area contributed by atoms with Crippen LogP contribution in [0, 0.1) is 19.8 Å². The van der Waals surface area contributed by atoms with Crippen molar-refractivity contribution in [3.8, 4) is 0 Å². The molecule has 1 atom stereocenters. The fraction of sp³-hybridized carbons (Fsp3) is 0.364. The van der Waals surface area contributed by atoms with Crippen molar-refractivity contribution in [3.63, 3.8) is 0 Å². The predicted molar refractivity (Wildman–Crippen MR) is 126 cm³/mol. The minimum absolute atomic E-state index is 0.174. The number of fused-ring (bicyclic) bond motifs is 1. The van der Waals surface area contributed by atoms with Crippen molar-refractivity contribution in [1.29, 1.82) is 0 Å². The van der Waals surface area contributed by atoms with Crippen LogP contribution in [0.4, 0.5) is 0 Å². The van der Waals surface area contributed by atoms with Crippen molar-refractivity contribution in [2.75, 3.05) is 13.1 Å². The molecule has 3 aromatic rings. The van der Waals surface area contributed by atoms with E-state index in [0.29, 0.717) is 34.9 Å². The van der Waals surface area contributed by atoms with E-state index in [1.807, 2.05) is 4.57 Å². The number of allylic oxidation sites excluding steroid dienone is 1. The summed E-state index contributed by atoms with van der Waals surface area (Å²) in [6, 6.07) is 7.57. The number of piperidine rings is 1. The average molecular weight is 476 g/mol. The number of aryl methyl sites for hydroxylation is 2. The SMILES string of the molecule is C=CCn1c(=NC(=O)C2CCCN(S(=O)(=O)c3cccs3)C2)sc2cc(C)c(C)cc21. The molecule has 1 aromatic carbocycles. The number of thiophene rings is 1. The quantitative estimate of drug-likeness (QED) is 0.522. The fourth-order valence-electron chi connectivity index (χ4n) is 3.80. The molecule has 0 saturated carbocycles. The summed E-state index contributed by atoms with van der Waals surface area (Å²) in [7, 11) is -3.56. The molecule has 6 nitrogen and oxygen atoms in total. The average Bonchev–Trinajstić information content (AvgIpc) is 3.39. The summed E-state index contributed by atoms with van der Waals surface area (Å²) in [6.45, 7) is 9.13. The fourth-order valence-corrected chi connectivity index (χ4v) is 7.59.